The molecule has 2 aromatic rings. The van der Waals surface area contributed by atoms with Crippen molar-refractivity contribution in [2.45, 2.75) is 6.10 Å². The third-order valence-electron chi connectivity index (χ3n) is 2.82. The molecule has 0 amide bonds. The maximum absolute atomic E-state index is 10.4. The number of benzene rings is 1. The highest BCUT2D eigenvalue weighted by Crippen LogP contribution is 2.40. The van der Waals surface area contributed by atoms with Gasteiger partial charge in [0.15, 0.2) is 0 Å². The molecule has 0 aliphatic heterocycles. The fraction of sp³-hybridized carbons (Fsp3) is 0.308. The second kappa shape index (κ2) is 5.63. The summed E-state index contributed by atoms with van der Waals surface area (Å²) in [6, 6.07) is 3.54. The molecule has 19 heavy (non-hydrogen) atoms. The van der Waals surface area contributed by atoms with Crippen LogP contribution in [0.4, 0.5) is 0 Å². The van der Waals surface area contributed by atoms with Gasteiger partial charge in [-0.25, -0.2) is 4.98 Å². The third kappa shape index (κ3) is 2.59. The largest absolute Gasteiger partial charge is 0.495 e. The molecule has 0 bridgehead atoms. The van der Waals surface area contributed by atoms with Gasteiger partial charge in [-0.2, -0.15) is 0 Å². The van der Waals surface area contributed by atoms with Crippen LogP contribution in [0.1, 0.15) is 17.4 Å². The van der Waals surface area contributed by atoms with Crippen molar-refractivity contribution in [1.82, 2.24) is 9.55 Å². The molecule has 1 N–H and O–H groups in total. The van der Waals surface area contributed by atoms with E-state index in [1.165, 1.54) is 0 Å². The second-order valence-corrected chi connectivity index (χ2v) is 4.86. The Kier molecular flexibility index (Phi) is 4.11. The van der Waals surface area contributed by atoms with Gasteiger partial charge in [0.25, 0.3) is 0 Å². The SMILES string of the molecule is COc1ccc(C(O)c2cn(C)cn2)c(OC)c1Br. The number of aliphatic hydroxyl groups excluding tert-OH is 1. The summed E-state index contributed by atoms with van der Waals surface area (Å²) >= 11 is 3.41. The van der Waals surface area contributed by atoms with Gasteiger partial charge in [-0.3, -0.25) is 0 Å². The number of aryl methyl sites for hydroxylation is 1. The molecule has 2 rings (SSSR count). The van der Waals surface area contributed by atoms with Crippen molar-refractivity contribution in [2.75, 3.05) is 14.2 Å². The molecule has 5 nitrogen and oxygen atoms in total. The molecule has 1 aromatic heterocycles. The topological polar surface area (TPSA) is 56.5 Å². The van der Waals surface area contributed by atoms with E-state index in [9.17, 15) is 5.11 Å². The summed E-state index contributed by atoms with van der Waals surface area (Å²) in [6.45, 7) is 0. The lowest BCUT2D eigenvalue weighted by molar-refractivity contribution is 0.210. The Morgan fingerprint density at radius 2 is 2.05 bits per heavy atom. The number of methoxy groups -OCH3 is 2. The molecule has 1 unspecified atom stereocenters. The van der Waals surface area contributed by atoms with Crippen LogP contribution in [0.15, 0.2) is 29.1 Å². The van der Waals surface area contributed by atoms with E-state index in [0.29, 0.717) is 27.2 Å². The second-order valence-electron chi connectivity index (χ2n) is 4.07. The zero-order chi connectivity index (χ0) is 14.0. The quantitative estimate of drug-likeness (QED) is 0.936. The minimum atomic E-state index is -0.849. The van der Waals surface area contributed by atoms with Crippen LogP contribution in [0.25, 0.3) is 0 Å². The Balaban J connectivity index is 2.47. The highest BCUT2D eigenvalue weighted by Gasteiger charge is 2.21. The Morgan fingerprint density at radius 3 is 2.58 bits per heavy atom. The zero-order valence-corrected chi connectivity index (χ0v) is 12.5. The van der Waals surface area contributed by atoms with Crippen molar-refractivity contribution in [1.29, 1.82) is 0 Å². The maximum atomic E-state index is 10.4. The first-order chi connectivity index (χ1) is 9.08. The van der Waals surface area contributed by atoms with E-state index < -0.39 is 6.10 Å². The first-order valence-corrected chi connectivity index (χ1v) is 6.44. The molecule has 0 aliphatic rings. The van der Waals surface area contributed by atoms with Crippen molar-refractivity contribution >= 4 is 15.9 Å². The number of aliphatic hydroxyl groups is 1. The van der Waals surface area contributed by atoms with Crippen LogP contribution >= 0.6 is 15.9 Å². The monoisotopic (exact) mass is 326 g/mol. The van der Waals surface area contributed by atoms with Gasteiger partial charge in [0.05, 0.1) is 26.2 Å². The van der Waals surface area contributed by atoms with Crippen molar-refractivity contribution < 1.29 is 14.6 Å². The molecule has 6 heteroatoms. The van der Waals surface area contributed by atoms with Gasteiger partial charge in [0.2, 0.25) is 0 Å². The number of imidazole rings is 1. The summed E-state index contributed by atoms with van der Waals surface area (Å²) < 4.78 is 13.0. The molecule has 0 saturated carbocycles. The van der Waals surface area contributed by atoms with Gasteiger partial charge in [0, 0.05) is 18.8 Å². The average molecular weight is 327 g/mol. The van der Waals surface area contributed by atoms with Crippen LogP contribution < -0.4 is 9.47 Å². The Labute approximate surface area is 119 Å². The van der Waals surface area contributed by atoms with Crippen molar-refractivity contribution in [3.05, 3.63) is 40.4 Å². The fourth-order valence-electron chi connectivity index (χ4n) is 1.87. The van der Waals surface area contributed by atoms with Gasteiger partial charge in [-0.05, 0) is 28.1 Å². The third-order valence-corrected chi connectivity index (χ3v) is 3.57. The lowest BCUT2D eigenvalue weighted by Gasteiger charge is -2.16. The molecule has 0 radical (unpaired) electrons. The lowest BCUT2D eigenvalue weighted by Crippen LogP contribution is -2.04. The van der Waals surface area contributed by atoms with Crippen LogP contribution in [0.2, 0.25) is 0 Å². The summed E-state index contributed by atoms with van der Waals surface area (Å²) in [5.41, 5.74) is 1.20. The van der Waals surface area contributed by atoms with Gasteiger partial charge >= 0.3 is 0 Å². The molecule has 1 heterocycles. The highest BCUT2D eigenvalue weighted by molar-refractivity contribution is 9.10. The van der Waals surface area contributed by atoms with Crippen LogP contribution in [-0.2, 0) is 7.05 Å². The van der Waals surface area contributed by atoms with E-state index in [1.807, 2.05) is 7.05 Å². The maximum Gasteiger partial charge on any atom is 0.143 e. The molecule has 0 saturated heterocycles. The summed E-state index contributed by atoms with van der Waals surface area (Å²) in [5.74, 6) is 1.19. The van der Waals surface area contributed by atoms with Crippen molar-refractivity contribution in [2.24, 2.45) is 7.05 Å². The molecule has 0 aliphatic carbocycles. The van der Waals surface area contributed by atoms with Gasteiger partial charge in [-0.1, -0.05) is 0 Å². The standard InChI is InChI=1S/C13H15BrN2O3/c1-16-6-9(15-7-16)12(17)8-4-5-10(18-2)11(14)13(8)19-3/h4-7,12,17H,1-3H3. The molecule has 102 valence electrons. The van der Waals surface area contributed by atoms with Crippen LogP contribution in [0.5, 0.6) is 11.5 Å². The fourth-order valence-corrected chi connectivity index (χ4v) is 2.55. The Hall–Kier alpha value is -1.53. The van der Waals surface area contributed by atoms with E-state index in [1.54, 1.807) is 43.4 Å². The van der Waals surface area contributed by atoms with Crippen LogP contribution in [0, 0.1) is 0 Å². The molecular weight excluding hydrogens is 312 g/mol. The zero-order valence-electron chi connectivity index (χ0n) is 10.9. The van der Waals surface area contributed by atoms with Gasteiger partial charge in [0.1, 0.15) is 22.1 Å². The molecule has 1 aromatic carbocycles. The van der Waals surface area contributed by atoms with Crippen molar-refractivity contribution in [3.63, 3.8) is 0 Å². The summed E-state index contributed by atoms with van der Waals surface area (Å²) in [4.78, 5) is 4.15. The minimum Gasteiger partial charge on any atom is -0.495 e. The summed E-state index contributed by atoms with van der Waals surface area (Å²) in [7, 11) is 4.98. The Bertz CT molecular complexity index is 583. The number of halogens is 1. The number of aromatic nitrogens is 2. The molecular formula is C13H15BrN2O3. The van der Waals surface area contributed by atoms with Crippen LogP contribution in [-0.4, -0.2) is 28.9 Å². The van der Waals surface area contributed by atoms with E-state index in [-0.39, 0.29) is 0 Å². The lowest BCUT2D eigenvalue weighted by atomic mass is 10.1. The Morgan fingerprint density at radius 1 is 1.32 bits per heavy atom. The summed E-state index contributed by atoms with van der Waals surface area (Å²) in [6.07, 6.45) is 2.56. The highest BCUT2D eigenvalue weighted by atomic mass is 79.9. The predicted molar refractivity (Wildman–Crippen MR) is 74.5 cm³/mol. The normalized spacial score (nSPS) is 12.3. The average Bonchev–Trinajstić information content (AvgIpc) is 2.84. The summed E-state index contributed by atoms with van der Waals surface area (Å²) in [5, 5.41) is 10.4. The first kappa shape index (κ1) is 13.9. The number of rotatable bonds is 4. The molecule has 1 atom stereocenters. The molecule has 0 fully saturated rings. The van der Waals surface area contributed by atoms with E-state index in [4.69, 9.17) is 9.47 Å². The number of nitrogens with zero attached hydrogens (tertiary/aromatic N) is 2. The predicted octanol–water partition coefficient (Wildman–Crippen LogP) is 2.28. The first-order valence-electron chi connectivity index (χ1n) is 5.64. The minimum absolute atomic E-state index is 0.539. The smallest absolute Gasteiger partial charge is 0.143 e. The van der Waals surface area contributed by atoms with Crippen LogP contribution in [0.3, 0.4) is 0 Å². The number of hydrogen-bond donors (Lipinski definition) is 1. The van der Waals surface area contributed by atoms with Crippen molar-refractivity contribution in [3.8, 4) is 11.5 Å². The number of ether oxygens (including phenoxy) is 2. The van der Waals surface area contributed by atoms with E-state index >= 15 is 0 Å². The molecule has 0 spiro atoms. The number of hydrogen-bond acceptors (Lipinski definition) is 4. The van der Waals surface area contributed by atoms with E-state index in [2.05, 4.69) is 20.9 Å². The van der Waals surface area contributed by atoms with E-state index in [0.717, 1.165) is 0 Å². The van der Waals surface area contributed by atoms with Gasteiger partial charge in [-0.15, -0.1) is 0 Å². The van der Waals surface area contributed by atoms with Gasteiger partial charge < -0.3 is 19.1 Å².